The molecule has 1 aromatic rings. The minimum Gasteiger partial charge on any atom is -0.396 e. The van der Waals surface area contributed by atoms with Gasteiger partial charge in [0, 0.05) is 25.8 Å². The van der Waals surface area contributed by atoms with Gasteiger partial charge in [-0.05, 0) is 26.0 Å². The third-order valence-electron chi connectivity index (χ3n) is 2.48. The van der Waals surface area contributed by atoms with Gasteiger partial charge in [-0.15, -0.1) is 0 Å². The van der Waals surface area contributed by atoms with Crippen LogP contribution < -0.4 is 4.90 Å². The van der Waals surface area contributed by atoms with Gasteiger partial charge in [0.15, 0.2) is 0 Å². The molecule has 0 atom stereocenters. The summed E-state index contributed by atoms with van der Waals surface area (Å²) < 4.78 is 11.2. The van der Waals surface area contributed by atoms with Crippen molar-refractivity contribution in [3.8, 4) is 0 Å². The van der Waals surface area contributed by atoms with Crippen LogP contribution in [0.15, 0.2) is 30.3 Å². The van der Waals surface area contributed by atoms with Crippen LogP contribution in [0.2, 0.25) is 0 Å². The van der Waals surface area contributed by atoms with E-state index in [2.05, 4.69) is 0 Å². The van der Waals surface area contributed by atoms with Gasteiger partial charge in [0.1, 0.15) is 0 Å². The summed E-state index contributed by atoms with van der Waals surface area (Å²) in [5.74, 6) is 0.0121. The molecule has 1 aromatic carbocycles. The van der Waals surface area contributed by atoms with Crippen LogP contribution >= 0.6 is 0 Å². The van der Waals surface area contributed by atoms with Gasteiger partial charge < -0.3 is 13.8 Å². The number of carbonyl (C=O) groups is 1. The molecule has 1 amide bonds. The van der Waals surface area contributed by atoms with E-state index in [9.17, 15) is 4.79 Å². The van der Waals surface area contributed by atoms with Crippen molar-refractivity contribution in [1.29, 1.82) is 0 Å². The molecule has 0 unspecified atom stereocenters. The van der Waals surface area contributed by atoms with Crippen molar-refractivity contribution in [3.05, 3.63) is 30.3 Å². The monoisotopic (exact) mass is 267 g/mol. The fourth-order valence-electron chi connectivity index (χ4n) is 1.70. The molecule has 4 nitrogen and oxygen atoms in total. The molecule has 0 spiro atoms. The topological polar surface area (TPSA) is 38.8 Å². The zero-order chi connectivity index (χ0) is 13.4. The second-order valence-corrected chi connectivity index (χ2v) is 5.70. The number of para-hydroxylation sites is 1. The Labute approximate surface area is 110 Å². The van der Waals surface area contributed by atoms with Crippen molar-refractivity contribution in [2.45, 2.75) is 20.8 Å². The van der Waals surface area contributed by atoms with E-state index >= 15 is 0 Å². The molecule has 0 heterocycles. The van der Waals surface area contributed by atoms with Crippen molar-refractivity contribution in [2.75, 3.05) is 24.3 Å². The summed E-state index contributed by atoms with van der Waals surface area (Å²) in [6.07, 6.45) is 0.543. The Morgan fingerprint density at radius 1 is 1.17 bits per heavy atom. The lowest BCUT2D eigenvalue weighted by molar-refractivity contribution is -0.116. The molecule has 0 radical (unpaired) electrons. The summed E-state index contributed by atoms with van der Waals surface area (Å²) in [6.45, 7) is 6.70. The molecular formula is C13H21NO3Si. The zero-order valence-electron chi connectivity index (χ0n) is 11.3. The van der Waals surface area contributed by atoms with Crippen molar-refractivity contribution >= 4 is 20.9 Å². The first kappa shape index (κ1) is 14.9. The van der Waals surface area contributed by atoms with E-state index < -0.39 is 9.28 Å². The number of amides is 1. The van der Waals surface area contributed by atoms with E-state index in [-0.39, 0.29) is 5.91 Å². The Morgan fingerprint density at radius 2 is 1.72 bits per heavy atom. The lowest BCUT2D eigenvalue weighted by Gasteiger charge is -2.25. The summed E-state index contributed by atoms with van der Waals surface area (Å²) in [4.78, 5) is 13.4. The number of anilines is 1. The minimum absolute atomic E-state index is 0.0121. The first-order chi connectivity index (χ1) is 8.69. The number of hydrogen-bond donors (Lipinski definition) is 0. The summed E-state index contributed by atoms with van der Waals surface area (Å²) >= 11 is 0. The molecule has 0 aliphatic heterocycles. The molecular weight excluding hydrogens is 246 g/mol. The van der Waals surface area contributed by atoms with Crippen LogP contribution in [0.25, 0.3) is 0 Å². The number of carbonyl (C=O) groups excluding carboxylic acids is 1. The highest BCUT2D eigenvalue weighted by Crippen LogP contribution is 2.14. The molecule has 0 saturated carbocycles. The summed E-state index contributed by atoms with van der Waals surface area (Å²) in [5, 5.41) is 0. The van der Waals surface area contributed by atoms with Crippen LogP contribution in [-0.2, 0) is 13.6 Å². The highest BCUT2D eigenvalue weighted by molar-refractivity contribution is 6.46. The average Bonchev–Trinajstić information content (AvgIpc) is 2.37. The molecule has 18 heavy (non-hydrogen) atoms. The summed E-state index contributed by atoms with van der Waals surface area (Å²) in [7, 11) is -1.81. The lowest BCUT2D eigenvalue weighted by Crippen LogP contribution is -2.42. The van der Waals surface area contributed by atoms with Crippen molar-refractivity contribution in [1.82, 2.24) is 0 Å². The van der Waals surface area contributed by atoms with Crippen LogP contribution in [0.3, 0.4) is 0 Å². The molecule has 0 N–H and O–H groups in total. The Bertz CT molecular complexity index is 353. The van der Waals surface area contributed by atoms with Gasteiger partial charge in [-0.25, -0.2) is 0 Å². The smallest absolute Gasteiger partial charge is 0.342 e. The van der Waals surface area contributed by atoms with E-state index in [1.54, 1.807) is 11.8 Å². The Hall–Kier alpha value is -1.17. The standard InChI is InChI=1S/C13H21NO3Si/c1-4-16-18(17-5-2)11-14(12(3)15)13-9-7-6-8-10-13/h6-10,18H,4-5,11H2,1-3H3. The SMILES string of the molecule is CCO[SiH](CN(C(C)=O)c1ccccc1)OCC. The molecule has 0 bridgehead atoms. The van der Waals surface area contributed by atoms with Crippen LogP contribution in [0, 0.1) is 0 Å². The van der Waals surface area contributed by atoms with Crippen LogP contribution in [-0.4, -0.2) is 34.6 Å². The fraction of sp³-hybridized carbons (Fsp3) is 0.462. The Morgan fingerprint density at radius 3 is 2.17 bits per heavy atom. The molecule has 0 aromatic heterocycles. The van der Waals surface area contributed by atoms with E-state index in [4.69, 9.17) is 8.85 Å². The molecule has 1 rings (SSSR count). The van der Waals surface area contributed by atoms with E-state index in [1.807, 2.05) is 44.2 Å². The van der Waals surface area contributed by atoms with Gasteiger partial charge in [-0.3, -0.25) is 4.79 Å². The average molecular weight is 267 g/mol. The predicted octanol–water partition coefficient (Wildman–Crippen LogP) is 1.87. The number of nitrogens with zero attached hydrogens (tertiary/aromatic N) is 1. The van der Waals surface area contributed by atoms with Gasteiger partial charge in [-0.2, -0.15) is 0 Å². The molecule has 5 heteroatoms. The first-order valence-corrected chi connectivity index (χ1v) is 8.01. The van der Waals surface area contributed by atoms with Crippen LogP contribution in [0.1, 0.15) is 20.8 Å². The maximum Gasteiger partial charge on any atom is 0.342 e. The maximum absolute atomic E-state index is 11.7. The van der Waals surface area contributed by atoms with Gasteiger partial charge in [0.2, 0.25) is 5.91 Å². The highest BCUT2D eigenvalue weighted by Gasteiger charge is 2.20. The predicted molar refractivity (Wildman–Crippen MR) is 74.9 cm³/mol. The molecule has 0 saturated heterocycles. The molecule has 100 valence electrons. The third kappa shape index (κ3) is 4.60. The first-order valence-electron chi connectivity index (χ1n) is 6.25. The third-order valence-corrected chi connectivity index (χ3v) is 4.56. The number of benzene rings is 1. The Balaban J connectivity index is 2.76. The second kappa shape index (κ2) is 8.02. The molecule has 0 aliphatic carbocycles. The fourth-order valence-corrected chi connectivity index (χ4v) is 3.51. The second-order valence-electron chi connectivity index (χ2n) is 3.81. The number of hydrogen-bond acceptors (Lipinski definition) is 3. The minimum atomic E-state index is -1.81. The van der Waals surface area contributed by atoms with Crippen molar-refractivity contribution < 1.29 is 13.6 Å². The molecule has 0 aliphatic rings. The van der Waals surface area contributed by atoms with Crippen LogP contribution in [0.5, 0.6) is 0 Å². The number of rotatable bonds is 7. The van der Waals surface area contributed by atoms with Crippen molar-refractivity contribution in [3.63, 3.8) is 0 Å². The Kier molecular flexibility index (Phi) is 6.63. The van der Waals surface area contributed by atoms with E-state index in [1.165, 1.54) is 0 Å². The van der Waals surface area contributed by atoms with Gasteiger partial charge in [-0.1, -0.05) is 18.2 Å². The van der Waals surface area contributed by atoms with Gasteiger partial charge >= 0.3 is 9.28 Å². The normalized spacial score (nSPS) is 10.7. The maximum atomic E-state index is 11.7. The quantitative estimate of drug-likeness (QED) is 0.708. The van der Waals surface area contributed by atoms with E-state index in [0.29, 0.717) is 19.4 Å². The zero-order valence-corrected chi connectivity index (χ0v) is 12.4. The summed E-state index contributed by atoms with van der Waals surface area (Å²) in [6, 6.07) is 9.61. The van der Waals surface area contributed by atoms with Crippen LogP contribution in [0.4, 0.5) is 5.69 Å². The molecule has 0 fully saturated rings. The summed E-state index contributed by atoms with van der Waals surface area (Å²) in [5.41, 5.74) is 0.891. The van der Waals surface area contributed by atoms with Gasteiger partial charge in [0.25, 0.3) is 0 Å². The van der Waals surface area contributed by atoms with Gasteiger partial charge in [0.05, 0.1) is 6.17 Å². The largest absolute Gasteiger partial charge is 0.396 e. The van der Waals surface area contributed by atoms with E-state index in [0.717, 1.165) is 5.69 Å². The highest BCUT2D eigenvalue weighted by atomic mass is 28.3. The lowest BCUT2D eigenvalue weighted by atomic mass is 10.3. The van der Waals surface area contributed by atoms with Crippen molar-refractivity contribution in [2.24, 2.45) is 0 Å².